The zero-order valence-corrected chi connectivity index (χ0v) is 20.8. The van der Waals surface area contributed by atoms with E-state index < -0.39 is 15.8 Å². The van der Waals surface area contributed by atoms with E-state index in [9.17, 15) is 13.2 Å². The van der Waals surface area contributed by atoms with Gasteiger partial charge in [-0.1, -0.05) is 65.1 Å². The van der Waals surface area contributed by atoms with Gasteiger partial charge < -0.3 is 4.74 Å². The first-order chi connectivity index (χ1) is 16.2. The molecular formula is C24H17Cl3N2O4S. The monoisotopic (exact) mass is 534 g/mol. The van der Waals surface area contributed by atoms with Crippen molar-refractivity contribution in [3.63, 3.8) is 0 Å². The van der Waals surface area contributed by atoms with Crippen LogP contribution in [0, 0.1) is 0 Å². The zero-order chi connectivity index (χ0) is 24.5. The molecule has 0 aliphatic carbocycles. The van der Waals surface area contributed by atoms with E-state index in [1.807, 2.05) is 6.07 Å². The van der Waals surface area contributed by atoms with Crippen LogP contribution in [-0.4, -0.2) is 24.2 Å². The Morgan fingerprint density at radius 2 is 1.59 bits per heavy atom. The number of halogens is 3. The van der Waals surface area contributed by atoms with Gasteiger partial charge in [-0.2, -0.15) is 5.10 Å². The molecule has 1 heterocycles. The molecule has 0 N–H and O–H groups in total. The number of carbonyl (C=O) groups excluding carboxylic acids is 1. The summed E-state index contributed by atoms with van der Waals surface area (Å²) in [4.78, 5) is 12.8. The lowest BCUT2D eigenvalue weighted by atomic mass is 10.1. The van der Waals surface area contributed by atoms with E-state index in [4.69, 9.17) is 39.5 Å². The SMILES string of the molecule is Cn1nc(-c2ccccc2)c(COC(=O)c2ccc(Cl)cc2Cl)c1S(=O)(=O)c1ccc(Cl)cc1. The Bertz CT molecular complexity index is 1470. The minimum atomic E-state index is -4.02. The molecule has 0 radical (unpaired) electrons. The predicted octanol–water partition coefficient (Wildman–Crippen LogP) is 6.24. The highest BCUT2D eigenvalue weighted by Crippen LogP contribution is 2.33. The van der Waals surface area contributed by atoms with E-state index in [1.165, 1.54) is 54.2 Å². The summed E-state index contributed by atoms with van der Waals surface area (Å²) in [7, 11) is -2.50. The second-order valence-corrected chi connectivity index (χ2v) is 10.4. The number of sulfone groups is 1. The molecule has 4 rings (SSSR count). The van der Waals surface area contributed by atoms with Crippen LogP contribution in [0.15, 0.2) is 82.7 Å². The Kier molecular flexibility index (Phi) is 7.00. The van der Waals surface area contributed by atoms with Gasteiger partial charge in [0.2, 0.25) is 9.84 Å². The highest BCUT2D eigenvalue weighted by atomic mass is 35.5. The highest BCUT2D eigenvalue weighted by Gasteiger charge is 2.30. The topological polar surface area (TPSA) is 78.3 Å². The summed E-state index contributed by atoms with van der Waals surface area (Å²) in [6.45, 7) is -0.349. The lowest BCUT2D eigenvalue weighted by Crippen LogP contribution is -2.12. The van der Waals surface area contributed by atoms with Gasteiger partial charge in [0.1, 0.15) is 12.3 Å². The first kappa shape index (κ1) is 24.3. The normalized spacial score (nSPS) is 11.4. The van der Waals surface area contributed by atoms with Crippen LogP contribution in [-0.2, 0) is 28.2 Å². The molecule has 0 saturated carbocycles. The maximum absolute atomic E-state index is 13.6. The van der Waals surface area contributed by atoms with Crippen LogP contribution in [0.4, 0.5) is 0 Å². The van der Waals surface area contributed by atoms with E-state index in [2.05, 4.69) is 5.10 Å². The number of benzene rings is 3. The molecule has 3 aromatic carbocycles. The third-order valence-corrected chi connectivity index (χ3v) is 7.72. The fourth-order valence-electron chi connectivity index (χ4n) is 3.44. The summed E-state index contributed by atoms with van der Waals surface area (Å²) >= 11 is 18.0. The van der Waals surface area contributed by atoms with Gasteiger partial charge in [0.15, 0.2) is 5.03 Å². The summed E-state index contributed by atoms with van der Waals surface area (Å²) in [5.74, 6) is -0.723. The van der Waals surface area contributed by atoms with Gasteiger partial charge in [-0.25, -0.2) is 13.2 Å². The summed E-state index contributed by atoms with van der Waals surface area (Å²) in [6, 6.07) is 19.2. The quantitative estimate of drug-likeness (QED) is 0.273. The minimum absolute atomic E-state index is 0.0350. The lowest BCUT2D eigenvalue weighted by Gasteiger charge is -2.11. The molecule has 0 aliphatic heterocycles. The Morgan fingerprint density at radius 1 is 0.941 bits per heavy atom. The third kappa shape index (κ3) is 4.83. The van der Waals surface area contributed by atoms with E-state index >= 15 is 0 Å². The first-order valence-corrected chi connectivity index (χ1v) is 12.5. The summed E-state index contributed by atoms with van der Waals surface area (Å²) in [6.07, 6.45) is 0. The molecule has 34 heavy (non-hydrogen) atoms. The summed E-state index contributed by atoms with van der Waals surface area (Å²) in [5.41, 5.74) is 1.40. The largest absolute Gasteiger partial charge is 0.457 e. The number of carbonyl (C=O) groups is 1. The van der Waals surface area contributed by atoms with Crippen LogP contribution in [0.3, 0.4) is 0 Å². The lowest BCUT2D eigenvalue weighted by molar-refractivity contribution is 0.0470. The molecule has 10 heteroatoms. The van der Waals surface area contributed by atoms with Crippen molar-refractivity contribution in [1.82, 2.24) is 9.78 Å². The number of rotatable bonds is 6. The number of hydrogen-bond donors (Lipinski definition) is 0. The van der Waals surface area contributed by atoms with Crippen LogP contribution >= 0.6 is 34.8 Å². The van der Waals surface area contributed by atoms with Crippen LogP contribution < -0.4 is 0 Å². The fraction of sp³-hybridized carbons (Fsp3) is 0.0833. The number of nitrogens with zero attached hydrogens (tertiary/aromatic N) is 2. The molecule has 6 nitrogen and oxygen atoms in total. The molecule has 0 spiro atoms. The Balaban J connectivity index is 1.79. The van der Waals surface area contributed by atoms with E-state index in [-0.39, 0.29) is 32.7 Å². The van der Waals surface area contributed by atoms with Crippen molar-refractivity contribution in [2.45, 2.75) is 16.5 Å². The standard InChI is InChI=1S/C24H17Cl3N2O4S/c1-29-23(34(31,32)18-10-7-16(25)8-11-18)20(22(28-29)15-5-3-2-4-6-15)14-33-24(30)19-12-9-17(26)13-21(19)27/h2-13H,14H2,1H3. The molecule has 0 bridgehead atoms. The van der Waals surface area contributed by atoms with Crippen molar-refractivity contribution in [1.29, 1.82) is 0 Å². The number of aryl methyl sites for hydroxylation is 1. The van der Waals surface area contributed by atoms with Crippen LogP contribution in [0.5, 0.6) is 0 Å². The van der Waals surface area contributed by atoms with Gasteiger partial charge in [-0.3, -0.25) is 4.68 Å². The van der Waals surface area contributed by atoms with Crippen molar-refractivity contribution < 1.29 is 17.9 Å². The Morgan fingerprint density at radius 3 is 2.24 bits per heavy atom. The molecule has 174 valence electrons. The number of aromatic nitrogens is 2. The molecule has 0 atom stereocenters. The molecular weight excluding hydrogens is 519 g/mol. The smallest absolute Gasteiger partial charge is 0.339 e. The second-order valence-electron chi connectivity index (χ2n) is 7.28. The number of ether oxygens (including phenoxy) is 1. The Labute approximate surface area is 211 Å². The predicted molar refractivity (Wildman–Crippen MR) is 131 cm³/mol. The maximum Gasteiger partial charge on any atom is 0.339 e. The fourth-order valence-corrected chi connectivity index (χ4v) is 5.64. The van der Waals surface area contributed by atoms with Gasteiger partial charge in [0, 0.05) is 22.7 Å². The van der Waals surface area contributed by atoms with E-state index in [0.717, 1.165) is 0 Å². The third-order valence-electron chi connectivity index (χ3n) is 5.01. The van der Waals surface area contributed by atoms with Crippen LogP contribution in [0.2, 0.25) is 15.1 Å². The number of esters is 1. The minimum Gasteiger partial charge on any atom is -0.457 e. The Hall–Kier alpha value is -2.84. The van der Waals surface area contributed by atoms with Crippen molar-refractivity contribution in [2.75, 3.05) is 0 Å². The average Bonchev–Trinajstić information content (AvgIpc) is 3.15. The van der Waals surface area contributed by atoms with E-state index in [0.29, 0.717) is 21.3 Å². The summed E-state index contributed by atoms with van der Waals surface area (Å²) in [5, 5.41) is 5.26. The molecule has 0 unspecified atom stereocenters. The molecule has 1 aromatic heterocycles. The molecule has 0 saturated heterocycles. The number of hydrogen-bond acceptors (Lipinski definition) is 5. The molecule has 0 aliphatic rings. The van der Waals surface area contributed by atoms with Crippen molar-refractivity contribution in [3.05, 3.63) is 99.0 Å². The van der Waals surface area contributed by atoms with Crippen molar-refractivity contribution in [2.24, 2.45) is 7.05 Å². The highest BCUT2D eigenvalue weighted by molar-refractivity contribution is 7.91. The van der Waals surface area contributed by atoms with Crippen molar-refractivity contribution >= 4 is 50.6 Å². The van der Waals surface area contributed by atoms with Crippen LogP contribution in [0.1, 0.15) is 15.9 Å². The first-order valence-electron chi connectivity index (χ1n) is 9.92. The van der Waals surface area contributed by atoms with Crippen LogP contribution in [0.25, 0.3) is 11.3 Å². The van der Waals surface area contributed by atoms with Gasteiger partial charge in [0.25, 0.3) is 0 Å². The maximum atomic E-state index is 13.6. The molecule has 0 amide bonds. The molecule has 4 aromatic rings. The van der Waals surface area contributed by atoms with Gasteiger partial charge in [-0.15, -0.1) is 0 Å². The average molecular weight is 536 g/mol. The second kappa shape index (κ2) is 9.80. The van der Waals surface area contributed by atoms with Crippen molar-refractivity contribution in [3.8, 4) is 11.3 Å². The molecule has 0 fully saturated rings. The van der Waals surface area contributed by atoms with Gasteiger partial charge in [0.05, 0.1) is 21.0 Å². The zero-order valence-electron chi connectivity index (χ0n) is 17.7. The van der Waals surface area contributed by atoms with E-state index in [1.54, 1.807) is 24.3 Å². The van der Waals surface area contributed by atoms with Gasteiger partial charge in [-0.05, 0) is 42.5 Å². The summed E-state index contributed by atoms with van der Waals surface area (Å²) < 4.78 is 33.9. The van der Waals surface area contributed by atoms with Gasteiger partial charge >= 0.3 is 5.97 Å².